The second kappa shape index (κ2) is 5.70. The normalized spacial score (nSPS) is 17.8. The average molecular weight is 246 g/mol. The van der Waals surface area contributed by atoms with Crippen LogP contribution in [0.4, 0.5) is 5.82 Å². The minimum absolute atomic E-state index is 0.869. The van der Waals surface area contributed by atoms with Crippen molar-refractivity contribution in [1.29, 1.82) is 0 Å². The molecule has 1 N–H and O–H groups in total. The largest absolute Gasteiger partial charge is 0.381 e. The van der Waals surface area contributed by atoms with Crippen molar-refractivity contribution in [2.75, 3.05) is 25.1 Å². The van der Waals surface area contributed by atoms with Crippen LogP contribution in [0.2, 0.25) is 0 Å². The van der Waals surface area contributed by atoms with Crippen molar-refractivity contribution in [2.24, 2.45) is 5.92 Å². The van der Waals surface area contributed by atoms with E-state index in [-0.39, 0.29) is 0 Å². The molecule has 0 amide bonds. The third-order valence-corrected chi connectivity index (χ3v) is 3.75. The van der Waals surface area contributed by atoms with Crippen molar-refractivity contribution < 1.29 is 4.74 Å². The highest BCUT2D eigenvalue weighted by molar-refractivity contribution is 5.40. The van der Waals surface area contributed by atoms with Crippen molar-refractivity contribution in [2.45, 2.75) is 38.5 Å². The molecule has 3 rings (SSSR count). The molecule has 0 spiro atoms. The lowest BCUT2D eigenvalue weighted by Gasteiger charge is -2.07. The topological polar surface area (TPSA) is 34.2 Å². The van der Waals surface area contributed by atoms with E-state index in [0.29, 0.717) is 0 Å². The Morgan fingerprint density at radius 1 is 1.28 bits per heavy atom. The van der Waals surface area contributed by atoms with E-state index in [9.17, 15) is 0 Å². The SMILES string of the molecule is c1cc2c(nc1NCCCOCC1CC1)CCC2. The average Bonchev–Trinajstić information content (AvgIpc) is 3.09. The fourth-order valence-corrected chi connectivity index (χ4v) is 2.44. The summed E-state index contributed by atoms with van der Waals surface area (Å²) in [6.45, 7) is 2.79. The molecule has 1 fully saturated rings. The van der Waals surface area contributed by atoms with Gasteiger partial charge in [-0.1, -0.05) is 6.07 Å². The lowest BCUT2D eigenvalue weighted by atomic mass is 10.2. The molecule has 18 heavy (non-hydrogen) atoms. The molecule has 0 atom stereocenters. The highest BCUT2D eigenvalue weighted by Gasteiger charge is 2.20. The summed E-state index contributed by atoms with van der Waals surface area (Å²) in [4.78, 5) is 4.66. The molecule has 3 heteroatoms. The zero-order valence-corrected chi connectivity index (χ0v) is 11.0. The highest BCUT2D eigenvalue weighted by atomic mass is 16.5. The highest BCUT2D eigenvalue weighted by Crippen LogP contribution is 2.28. The first-order valence-electron chi connectivity index (χ1n) is 7.22. The lowest BCUT2D eigenvalue weighted by Crippen LogP contribution is -2.08. The molecular weight excluding hydrogens is 224 g/mol. The Balaban J connectivity index is 1.34. The quantitative estimate of drug-likeness (QED) is 0.751. The number of hydrogen-bond acceptors (Lipinski definition) is 3. The van der Waals surface area contributed by atoms with E-state index in [4.69, 9.17) is 4.74 Å². The monoisotopic (exact) mass is 246 g/mol. The molecular formula is C15H22N2O. The summed E-state index contributed by atoms with van der Waals surface area (Å²) < 4.78 is 5.61. The molecule has 3 nitrogen and oxygen atoms in total. The maximum absolute atomic E-state index is 5.61. The summed E-state index contributed by atoms with van der Waals surface area (Å²) in [6.07, 6.45) is 7.42. The number of nitrogens with zero attached hydrogens (tertiary/aromatic N) is 1. The molecule has 98 valence electrons. The Labute approximate surface area is 109 Å². The fourth-order valence-electron chi connectivity index (χ4n) is 2.44. The number of aryl methyl sites for hydroxylation is 2. The molecule has 1 aromatic heterocycles. The van der Waals surface area contributed by atoms with Gasteiger partial charge in [0.05, 0.1) is 0 Å². The van der Waals surface area contributed by atoms with Crippen molar-refractivity contribution in [3.05, 3.63) is 23.4 Å². The Morgan fingerprint density at radius 2 is 2.22 bits per heavy atom. The van der Waals surface area contributed by atoms with Gasteiger partial charge in [0.25, 0.3) is 0 Å². The second-order valence-corrected chi connectivity index (χ2v) is 5.45. The van der Waals surface area contributed by atoms with E-state index in [1.807, 2.05) is 0 Å². The van der Waals surface area contributed by atoms with Crippen LogP contribution in [-0.4, -0.2) is 24.7 Å². The van der Waals surface area contributed by atoms with Crippen LogP contribution in [0.3, 0.4) is 0 Å². The van der Waals surface area contributed by atoms with E-state index >= 15 is 0 Å². The number of ether oxygens (including phenoxy) is 1. The summed E-state index contributed by atoms with van der Waals surface area (Å²) in [6, 6.07) is 4.33. The third-order valence-electron chi connectivity index (χ3n) is 3.75. The van der Waals surface area contributed by atoms with Gasteiger partial charge >= 0.3 is 0 Å². The molecule has 2 aliphatic carbocycles. The molecule has 0 bridgehead atoms. The number of nitrogens with one attached hydrogen (secondary N) is 1. The molecule has 0 saturated heterocycles. The Hall–Kier alpha value is -1.09. The van der Waals surface area contributed by atoms with Crippen molar-refractivity contribution in [1.82, 2.24) is 4.98 Å². The van der Waals surface area contributed by atoms with Gasteiger partial charge in [-0.2, -0.15) is 0 Å². The van der Waals surface area contributed by atoms with Crippen LogP contribution in [0, 0.1) is 5.92 Å². The molecule has 0 radical (unpaired) electrons. The van der Waals surface area contributed by atoms with Gasteiger partial charge in [0.1, 0.15) is 5.82 Å². The van der Waals surface area contributed by atoms with Gasteiger partial charge in [0.15, 0.2) is 0 Å². The van der Waals surface area contributed by atoms with Crippen molar-refractivity contribution >= 4 is 5.82 Å². The van der Waals surface area contributed by atoms with E-state index in [2.05, 4.69) is 22.4 Å². The predicted molar refractivity (Wildman–Crippen MR) is 72.9 cm³/mol. The zero-order valence-electron chi connectivity index (χ0n) is 11.0. The Morgan fingerprint density at radius 3 is 3.11 bits per heavy atom. The van der Waals surface area contributed by atoms with Gasteiger partial charge in [-0.25, -0.2) is 4.98 Å². The molecule has 1 saturated carbocycles. The van der Waals surface area contributed by atoms with Crippen LogP contribution in [-0.2, 0) is 17.6 Å². The summed E-state index contributed by atoms with van der Waals surface area (Å²) in [7, 11) is 0. The number of anilines is 1. The number of pyridine rings is 1. The Bertz CT molecular complexity index is 401. The summed E-state index contributed by atoms with van der Waals surface area (Å²) in [5.41, 5.74) is 2.73. The summed E-state index contributed by atoms with van der Waals surface area (Å²) >= 11 is 0. The summed E-state index contributed by atoms with van der Waals surface area (Å²) in [5.74, 6) is 1.90. The van der Waals surface area contributed by atoms with Crippen LogP contribution in [0.5, 0.6) is 0 Å². The maximum atomic E-state index is 5.61. The first-order valence-corrected chi connectivity index (χ1v) is 7.22. The number of fused-ring (bicyclic) bond motifs is 1. The van der Waals surface area contributed by atoms with Gasteiger partial charge in [-0.05, 0) is 56.1 Å². The van der Waals surface area contributed by atoms with Gasteiger partial charge in [-0.3, -0.25) is 0 Å². The maximum Gasteiger partial charge on any atom is 0.126 e. The van der Waals surface area contributed by atoms with Crippen LogP contribution < -0.4 is 5.32 Å². The second-order valence-electron chi connectivity index (χ2n) is 5.45. The number of rotatable bonds is 7. The minimum atomic E-state index is 0.869. The van der Waals surface area contributed by atoms with E-state index in [1.165, 1.54) is 36.9 Å². The fraction of sp³-hybridized carbons (Fsp3) is 0.667. The molecule has 1 heterocycles. The first-order chi connectivity index (χ1) is 8.92. The van der Waals surface area contributed by atoms with Gasteiger partial charge in [0, 0.05) is 25.5 Å². The van der Waals surface area contributed by atoms with Gasteiger partial charge < -0.3 is 10.1 Å². The number of hydrogen-bond donors (Lipinski definition) is 1. The van der Waals surface area contributed by atoms with Gasteiger partial charge in [-0.15, -0.1) is 0 Å². The number of aromatic nitrogens is 1. The lowest BCUT2D eigenvalue weighted by molar-refractivity contribution is 0.124. The van der Waals surface area contributed by atoms with Crippen molar-refractivity contribution in [3.63, 3.8) is 0 Å². The predicted octanol–water partition coefficient (Wildman–Crippen LogP) is 2.80. The van der Waals surface area contributed by atoms with Crippen molar-refractivity contribution in [3.8, 4) is 0 Å². The van der Waals surface area contributed by atoms with Gasteiger partial charge in [0.2, 0.25) is 0 Å². The van der Waals surface area contributed by atoms with E-state index in [1.54, 1.807) is 0 Å². The molecule has 1 aromatic rings. The van der Waals surface area contributed by atoms with Crippen LogP contribution in [0.1, 0.15) is 36.9 Å². The van der Waals surface area contributed by atoms with E-state index in [0.717, 1.165) is 44.3 Å². The zero-order chi connectivity index (χ0) is 12.2. The third kappa shape index (κ3) is 3.22. The standard InChI is InChI=1S/C15H22N2O/c1-3-13-7-8-15(17-14(13)4-1)16-9-2-10-18-11-12-5-6-12/h7-8,12H,1-6,9-11H2,(H,16,17). The Kier molecular flexibility index (Phi) is 3.79. The smallest absolute Gasteiger partial charge is 0.126 e. The molecule has 2 aliphatic rings. The van der Waals surface area contributed by atoms with E-state index < -0.39 is 0 Å². The molecule has 0 aliphatic heterocycles. The molecule has 0 unspecified atom stereocenters. The molecule has 0 aromatic carbocycles. The first kappa shape index (κ1) is 12.0. The van der Waals surface area contributed by atoms with Crippen LogP contribution in [0.15, 0.2) is 12.1 Å². The summed E-state index contributed by atoms with van der Waals surface area (Å²) in [5, 5.41) is 3.39. The van der Waals surface area contributed by atoms with Crippen LogP contribution >= 0.6 is 0 Å². The minimum Gasteiger partial charge on any atom is -0.381 e. The van der Waals surface area contributed by atoms with Crippen LogP contribution in [0.25, 0.3) is 0 Å².